The van der Waals surface area contributed by atoms with Crippen molar-refractivity contribution in [3.05, 3.63) is 78.0 Å². The fourth-order valence-corrected chi connectivity index (χ4v) is 4.23. The standard InChI is InChI=1S/C21H17NS/c1-14-7-6-8-15(2)21(14)19-12-17-11-18(22-13-20(17)23-19)16-9-4-3-5-10-16/h3-13H,1-2H3. The van der Waals surface area contributed by atoms with Crippen LogP contribution in [0.5, 0.6) is 0 Å². The predicted octanol–water partition coefficient (Wildman–Crippen LogP) is 6.25. The lowest BCUT2D eigenvalue weighted by Crippen LogP contribution is -1.84. The lowest BCUT2D eigenvalue weighted by atomic mass is 10.0. The van der Waals surface area contributed by atoms with Crippen molar-refractivity contribution in [2.24, 2.45) is 0 Å². The number of hydrogen-bond donors (Lipinski definition) is 0. The summed E-state index contributed by atoms with van der Waals surface area (Å²) in [5, 5.41) is 1.27. The fourth-order valence-electron chi connectivity index (χ4n) is 3.04. The number of nitrogens with zero attached hydrogens (tertiary/aromatic N) is 1. The highest BCUT2D eigenvalue weighted by molar-refractivity contribution is 7.22. The molecule has 0 N–H and O–H groups in total. The third-order valence-electron chi connectivity index (χ3n) is 4.20. The van der Waals surface area contributed by atoms with Crippen LogP contribution in [0.2, 0.25) is 0 Å². The van der Waals surface area contributed by atoms with Crippen LogP contribution in [0.25, 0.3) is 31.8 Å². The van der Waals surface area contributed by atoms with Crippen LogP contribution >= 0.6 is 11.3 Å². The lowest BCUT2D eigenvalue weighted by Gasteiger charge is -2.06. The molecule has 0 aliphatic carbocycles. The molecule has 4 aromatic rings. The first-order valence-corrected chi connectivity index (χ1v) is 8.55. The Hall–Kier alpha value is -2.45. The van der Waals surface area contributed by atoms with Gasteiger partial charge in [0, 0.05) is 16.6 Å². The number of pyridine rings is 1. The van der Waals surface area contributed by atoms with Gasteiger partial charge < -0.3 is 0 Å². The Morgan fingerprint density at radius 1 is 0.826 bits per heavy atom. The number of fused-ring (bicyclic) bond motifs is 1. The molecular weight excluding hydrogens is 298 g/mol. The summed E-state index contributed by atoms with van der Waals surface area (Å²) in [5.41, 5.74) is 6.20. The molecule has 0 amide bonds. The minimum atomic E-state index is 1.03. The van der Waals surface area contributed by atoms with Crippen molar-refractivity contribution in [3.63, 3.8) is 0 Å². The van der Waals surface area contributed by atoms with E-state index in [1.807, 2.05) is 23.6 Å². The van der Waals surface area contributed by atoms with Gasteiger partial charge in [0.1, 0.15) is 0 Å². The van der Waals surface area contributed by atoms with Gasteiger partial charge in [0.15, 0.2) is 0 Å². The molecule has 0 spiro atoms. The van der Waals surface area contributed by atoms with Gasteiger partial charge in [-0.1, -0.05) is 48.5 Å². The fraction of sp³-hybridized carbons (Fsp3) is 0.0952. The number of thiophene rings is 1. The Morgan fingerprint density at radius 3 is 2.30 bits per heavy atom. The molecule has 0 bridgehead atoms. The first-order valence-electron chi connectivity index (χ1n) is 7.74. The van der Waals surface area contributed by atoms with E-state index in [1.165, 1.54) is 31.7 Å². The zero-order valence-corrected chi connectivity index (χ0v) is 14.0. The Morgan fingerprint density at radius 2 is 1.57 bits per heavy atom. The Labute approximate surface area is 140 Å². The number of aromatic nitrogens is 1. The van der Waals surface area contributed by atoms with Crippen molar-refractivity contribution < 1.29 is 0 Å². The van der Waals surface area contributed by atoms with Crippen LogP contribution in [-0.2, 0) is 0 Å². The molecule has 23 heavy (non-hydrogen) atoms. The van der Waals surface area contributed by atoms with Crippen LogP contribution in [-0.4, -0.2) is 4.98 Å². The number of benzene rings is 2. The second kappa shape index (κ2) is 5.64. The smallest absolute Gasteiger partial charge is 0.0709 e. The van der Waals surface area contributed by atoms with Crippen LogP contribution in [0.15, 0.2) is 66.9 Å². The van der Waals surface area contributed by atoms with Gasteiger partial charge in [-0.3, -0.25) is 4.98 Å². The van der Waals surface area contributed by atoms with Gasteiger partial charge in [0.2, 0.25) is 0 Å². The molecule has 2 heteroatoms. The zero-order valence-electron chi connectivity index (χ0n) is 13.2. The minimum absolute atomic E-state index is 1.03. The molecule has 0 aliphatic heterocycles. The third-order valence-corrected chi connectivity index (χ3v) is 5.30. The van der Waals surface area contributed by atoms with Crippen LogP contribution in [0.3, 0.4) is 0 Å². The van der Waals surface area contributed by atoms with E-state index < -0.39 is 0 Å². The van der Waals surface area contributed by atoms with E-state index in [2.05, 4.69) is 73.4 Å². The van der Waals surface area contributed by atoms with Crippen molar-refractivity contribution in [1.29, 1.82) is 0 Å². The summed E-state index contributed by atoms with van der Waals surface area (Å²) in [4.78, 5) is 5.96. The molecule has 2 aromatic heterocycles. The second-order valence-corrected chi connectivity index (χ2v) is 6.93. The molecule has 0 atom stereocenters. The van der Waals surface area contributed by atoms with E-state index in [1.54, 1.807) is 0 Å². The topological polar surface area (TPSA) is 12.9 Å². The minimum Gasteiger partial charge on any atom is -0.255 e. The third kappa shape index (κ3) is 2.55. The Kier molecular flexibility index (Phi) is 3.47. The normalized spacial score (nSPS) is 11.0. The maximum atomic E-state index is 4.64. The van der Waals surface area contributed by atoms with Crippen molar-refractivity contribution >= 4 is 21.4 Å². The van der Waals surface area contributed by atoms with E-state index in [4.69, 9.17) is 0 Å². The monoisotopic (exact) mass is 315 g/mol. The summed E-state index contributed by atoms with van der Waals surface area (Å²) in [6, 6.07) is 21.3. The van der Waals surface area contributed by atoms with Crippen LogP contribution in [0, 0.1) is 13.8 Å². The van der Waals surface area contributed by atoms with E-state index in [9.17, 15) is 0 Å². The molecule has 1 nitrogen and oxygen atoms in total. The number of aryl methyl sites for hydroxylation is 2. The average molecular weight is 315 g/mol. The van der Waals surface area contributed by atoms with Crippen LogP contribution < -0.4 is 0 Å². The maximum absolute atomic E-state index is 4.64. The van der Waals surface area contributed by atoms with Gasteiger partial charge in [-0.15, -0.1) is 11.3 Å². The van der Waals surface area contributed by atoms with Crippen molar-refractivity contribution in [2.75, 3.05) is 0 Å². The molecule has 0 saturated heterocycles. The highest BCUT2D eigenvalue weighted by Gasteiger charge is 2.10. The molecular formula is C21H17NS. The highest BCUT2D eigenvalue weighted by Crippen LogP contribution is 2.37. The maximum Gasteiger partial charge on any atom is 0.0709 e. The van der Waals surface area contributed by atoms with E-state index >= 15 is 0 Å². The second-order valence-electron chi connectivity index (χ2n) is 5.85. The summed E-state index contributed by atoms with van der Waals surface area (Å²) in [6.45, 7) is 4.36. The first kappa shape index (κ1) is 14.2. The highest BCUT2D eigenvalue weighted by atomic mass is 32.1. The van der Waals surface area contributed by atoms with Gasteiger partial charge in [-0.05, 0) is 48.1 Å². The predicted molar refractivity (Wildman–Crippen MR) is 100.0 cm³/mol. The molecule has 2 heterocycles. The van der Waals surface area contributed by atoms with Crippen LogP contribution in [0.4, 0.5) is 0 Å². The molecule has 0 fully saturated rings. The van der Waals surface area contributed by atoms with E-state index in [0.717, 1.165) is 11.3 Å². The SMILES string of the molecule is Cc1cccc(C)c1-c1cc2cc(-c3ccccc3)ncc2s1. The molecule has 4 rings (SSSR count). The lowest BCUT2D eigenvalue weighted by molar-refractivity contribution is 1.36. The number of hydrogen-bond acceptors (Lipinski definition) is 2. The van der Waals surface area contributed by atoms with Crippen molar-refractivity contribution in [1.82, 2.24) is 4.98 Å². The molecule has 0 aliphatic rings. The van der Waals surface area contributed by atoms with Crippen molar-refractivity contribution in [3.8, 4) is 21.7 Å². The molecule has 112 valence electrons. The average Bonchev–Trinajstić information content (AvgIpc) is 2.98. The van der Waals surface area contributed by atoms with Gasteiger partial charge in [0.05, 0.1) is 10.4 Å². The van der Waals surface area contributed by atoms with Gasteiger partial charge >= 0.3 is 0 Å². The van der Waals surface area contributed by atoms with E-state index in [0.29, 0.717) is 0 Å². The van der Waals surface area contributed by atoms with E-state index in [-0.39, 0.29) is 0 Å². The molecule has 0 unspecified atom stereocenters. The summed E-state index contributed by atoms with van der Waals surface area (Å²) in [5.74, 6) is 0. The number of rotatable bonds is 2. The zero-order chi connectivity index (χ0) is 15.8. The van der Waals surface area contributed by atoms with Gasteiger partial charge in [-0.25, -0.2) is 0 Å². The van der Waals surface area contributed by atoms with Crippen molar-refractivity contribution in [2.45, 2.75) is 13.8 Å². The summed E-state index contributed by atoms with van der Waals surface area (Å²) in [6.07, 6.45) is 2.00. The largest absolute Gasteiger partial charge is 0.255 e. The van der Waals surface area contributed by atoms with Gasteiger partial charge in [0.25, 0.3) is 0 Å². The first-order chi connectivity index (χ1) is 11.2. The van der Waals surface area contributed by atoms with Gasteiger partial charge in [-0.2, -0.15) is 0 Å². The summed E-state index contributed by atoms with van der Waals surface area (Å²) >= 11 is 1.82. The Bertz CT molecular complexity index is 963. The summed E-state index contributed by atoms with van der Waals surface area (Å²) in [7, 11) is 0. The summed E-state index contributed by atoms with van der Waals surface area (Å²) < 4.78 is 1.24. The molecule has 0 saturated carbocycles. The Balaban J connectivity index is 1.86. The quantitative estimate of drug-likeness (QED) is 0.426. The molecule has 0 radical (unpaired) electrons. The molecule has 2 aromatic carbocycles. The van der Waals surface area contributed by atoms with Crippen LogP contribution in [0.1, 0.15) is 11.1 Å².